The van der Waals surface area contributed by atoms with Gasteiger partial charge in [-0.3, -0.25) is 9.78 Å². The van der Waals surface area contributed by atoms with E-state index in [-0.39, 0.29) is 10.8 Å². The number of H-pyrrole nitrogens is 1. The summed E-state index contributed by atoms with van der Waals surface area (Å²) in [6.45, 7) is 3.82. The number of hydrogen-bond acceptors (Lipinski definition) is 6. The van der Waals surface area contributed by atoms with Crippen LogP contribution in [-0.2, 0) is 26.0 Å². The van der Waals surface area contributed by atoms with Gasteiger partial charge < -0.3 is 9.72 Å². The van der Waals surface area contributed by atoms with Crippen LogP contribution in [0.2, 0.25) is 0 Å². The molecule has 0 fully saturated rings. The van der Waals surface area contributed by atoms with Gasteiger partial charge in [0.15, 0.2) is 0 Å². The fraction of sp³-hybridized carbons (Fsp3) is 0.350. The molecule has 0 amide bonds. The first kappa shape index (κ1) is 20.9. The van der Waals surface area contributed by atoms with E-state index < -0.39 is 22.0 Å². The number of hydrogen-bond donors (Lipinski definition) is 2. The quantitative estimate of drug-likeness (QED) is 0.545. The lowest BCUT2D eigenvalue weighted by Crippen LogP contribution is -2.42. The third-order valence-corrected chi connectivity index (χ3v) is 6.00. The molecule has 0 saturated carbocycles. The number of aromatic amines is 1. The van der Waals surface area contributed by atoms with Crippen LogP contribution in [0.25, 0.3) is 11.0 Å². The predicted molar refractivity (Wildman–Crippen MR) is 109 cm³/mol. The molecule has 9 heteroatoms. The maximum absolute atomic E-state index is 12.7. The summed E-state index contributed by atoms with van der Waals surface area (Å²) < 4.78 is 32.6. The minimum atomic E-state index is -3.86. The Morgan fingerprint density at radius 2 is 1.90 bits per heavy atom. The third-order valence-electron chi connectivity index (χ3n) is 4.52. The number of aromatic nitrogens is 3. The van der Waals surface area contributed by atoms with Crippen molar-refractivity contribution in [2.45, 2.75) is 37.6 Å². The Labute approximate surface area is 169 Å². The highest BCUT2D eigenvalue weighted by Gasteiger charge is 2.27. The number of ether oxygens (including phenoxy) is 1. The van der Waals surface area contributed by atoms with Crippen molar-refractivity contribution in [3.8, 4) is 0 Å². The molecule has 1 atom stereocenters. The van der Waals surface area contributed by atoms with Crippen molar-refractivity contribution in [3.05, 3.63) is 54.1 Å². The van der Waals surface area contributed by atoms with Gasteiger partial charge in [-0.15, -0.1) is 0 Å². The molecule has 0 aliphatic rings. The summed E-state index contributed by atoms with van der Waals surface area (Å²) in [5.74, 6) is -0.473. The van der Waals surface area contributed by atoms with Crippen LogP contribution in [-0.4, -0.2) is 42.5 Å². The van der Waals surface area contributed by atoms with Crippen molar-refractivity contribution in [2.24, 2.45) is 5.92 Å². The number of benzene rings is 1. The van der Waals surface area contributed by atoms with Crippen LogP contribution < -0.4 is 4.72 Å². The smallest absolute Gasteiger partial charge is 0.323 e. The van der Waals surface area contributed by atoms with Crippen LogP contribution in [0.4, 0.5) is 0 Å². The zero-order valence-corrected chi connectivity index (χ0v) is 17.4. The molecule has 3 rings (SSSR count). The molecule has 0 bridgehead atoms. The fourth-order valence-electron chi connectivity index (χ4n) is 3.10. The zero-order chi connectivity index (χ0) is 21.0. The van der Waals surface area contributed by atoms with Crippen molar-refractivity contribution in [1.29, 1.82) is 0 Å². The summed E-state index contributed by atoms with van der Waals surface area (Å²) in [6, 6.07) is 7.42. The normalized spacial score (nSPS) is 13.0. The van der Waals surface area contributed by atoms with Crippen molar-refractivity contribution < 1.29 is 17.9 Å². The number of pyridine rings is 1. The molecule has 0 saturated heterocycles. The van der Waals surface area contributed by atoms with E-state index in [1.807, 2.05) is 19.9 Å². The van der Waals surface area contributed by atoms with E-state index in [4.69, 9.17) is 4.74 Å². The van der Waals surface area contributed by atoms with Crippen molar-refractivity contribution in [2.75, 3.05) is 7.11 Å². The van der Waals surface area contributed by atoms with Crippen molar-refractivity contribution in [3.63, 3.8) is 0 Å². The van der Waals surface area contributed by atoms with E-state index in [9.17, 15) is 13.2 Å². The van der Waals surface area contributed by atoms with Gasteiger partial charge in [-0.25, -0.2) is 13.4 Å². The van der Waals surface area contributed by atoms with Crippen LogP contribution >= 0.6 is 0 Å². The lowest BCUT2D eigenvalue weighted by molar-refractivity contribution is -0.143. The van der Waals surface area contributed by atoms with Gasteiger partial charge in [0.1, 0.15) is 6.04 Å². The molecular formula is C20H24N4O4S. The molecule has 0 unspecified atom stereocenters. The Hall–Kier alpha value is -2.78. The van der Waals surface area contributed by atoms with E-state index in [0.717, 1.165) is 22.3 Å². The van der Waals surface area contributed by atoms with Gasteiger partial charge >= 0.3 is 5.97 Å². The van der Waals surface area contributed by atoms with Gasteiger partial charge in [0, 0.05) is 12.6 Å². The molecule has 0 aliphatic heterocycles. The molecule has 3 aromatic rings. The van der Waals surface area contributed by atoms with E-state index in [0.29, 0.717) is 12.8 Å². The minimum Gasteiger partial charge on any atom is -0.468 e. The maximum Gasteiger partial charge on any atom is 0.323 e. The number of fused-ring (bicyclic) bond motifs is 1. The molecule has 154 valence electrons. The van der Waals surface area contributed by atoms with Gasteiger partial charge in [-0.1, -0.05) is 26.0 Å². The molecule has 8 nitrogen and oxygen atoms in total. The van der Waals surface area contributed by atoms with Crippen LogP contribution in [0, 0.1) is 5.92 Å². The lowest BCUT2D eigenvalue weighted by atomic mass is 10.1. The summed E-state index contributed by atoms with van der Waals surface area (Å²) in [5.41, 5.74) is 3.43. The number of carbonyl (C=O) groups excluding carboxylic acids is 1. The van der Waals surface area contributed by atoms with E-state index in [1.165, 1.54) is 19.2 Å². The number of carbonyl (C=O) groups is 1. The highest BCUT2D eigenvalue weighted by Crippen LogP contribution is 2.18. The number of sulfonamides is 1. The molecular weight excluding hydrogens is 392 g/mol. The third kappa shape index (κ3) is 4.99. The average Bonchev–Trinajstić information content (AvgIpc) is 3.16. The largest absolute Gasteiger partial charge is 0.468 e. The first-order chi connectivity index (χ1) is 13.8. The Balaban J connectivity index is 1.77. The molecule has 2 heterocycles. The molecule has 2 N–H and O–H groups in total. The lowest BCUT2D eigenvalue weighted by Gasteiger charge is -2.18. The van der Waals surface area contributed by atoms with E-state index >= 15 is 0 Å². The second-order valence-corrected chi connectivity index (χ2v) is 8.92. The Bertz CT molecular complexity index is 1090. The monoisotopic (exact) mass is 416 g/mol. The molecule has 29 heavy (non-hydrogen) atoms. The number of imidazole rings is 1. The number of nitrogens with zero attached hydrogens (tertiary/aromatic N) is 2. The fourth-order valence-corrected chi connectivity index (χ4v) is 4.30. The van der Waals surface area contributed by atoms with Crippen molar-refractivity contribution >= 4 is 27.0 Å². The summed E-state index contributed by atoms with van der Waals surface area (Å²) in [5, 5.41) is 0. The maximum atomic E-state index is 12.7. The number of nitrogens with one attached hydrogen (secondary N) is 2. The van der Waals surface area contributed by atoms with Gasteiger partial charge in [-0.05, 0) is 36.1 Å². The van der Waals surface area contributed by atoms with Gasteiger partial charge in [-0.2, -0.15) is 4.72 Å². The predicted octanol–water partition coefficient (Wildman–Crippen LogP) is 2.41. The van der Waals surface area contributed by atoms with Crippen LogP contribution in [0.3, 0.4) is 0 Å². The molecule has 1 aromatic carbocycles. The van der Waals surface area contributed by atoms with Gasteiger partial charge in [0.05, 0.1) is 35.1 Å². The summed E-state index contributed by atoms with van der Waals surface area (Å²) in [7, 11) is -2.62. The van der Waals surface area contributed by atoms with Crippen LogP contribution in [0.1, 0.15) is 31.5 Å². The average molecular weight is 417 g/mol. The Kier molecular flexibility index (Phi) is 6.29. The SMILES string of the molecule is COC(=O)[C@H](CC(C)C)NS(=O)(=O)c1ccc(Cc2nccc3nc[nH]c23)cc1. The second kappa shape index (κ2) is 8.71. The number of esters is 1. The summed E-state index contributed by atoms with van der Waals surface area (Å²) in [4.78, 5) is 23.7. The first-order valence-electron chi connectivity index (χ1n) is 9.26. The molecule has 2 aromatic heterocycles. The molecule has 0 spiro atoms. The van der Waals surface area contributed by atoms with Gasteiger partial charge in [0.25, 0.3) is 0 Å². The Morgan fingerprint density at radius 1 is 1.17 bits per heavy atom. The number of rotatable bonds is 8. The second-order valence-electron chi connectivity index (χ2n) is 7.20. The van der Waals surface area contributed by atoms with E-state index in [1.54, 1.807) is 24.7 Å². The van der Waals surface area contributed by atoms with Crippen LogP contribution in [0.5, 0.6) is 0 Å². The van der Waals surface area contributed by atoms with Gasteiger partial charge in [0.2, 0.25) is 10.0 Å². The minimum absolute atomic E-state index is 0.0895. The molecule has 0 radical (unpaired) electrons. The van der Waals surface area contributed by atoms with E-state index in [2.05, 4.69) is 19.7 Å². The Morgan fingerprint density at radius 3 is 2.55 bits per heavy atom. The topological polar surface area (TPSA) is 114 Å². The number of methoxy groups -OCH3 is 1. The molecule has 0 aliphatic carbocycles. The highest BCUT2D eigenvalue weighted by atomic mass is 32.2. The summed E-state index contributed by atoms with van der Waals surface area (Å²) >= 11 is 0. The standard InChI is InChI=1S/C20H24N4O4S/c1-13(2)10-18(20(25)28-3)24-29(26,27)15-6-4-14(5-7-15)11-17-19-16(8-9-21-17)22-12-23-19/h4-9,12-13,18,24H,10-11H2,1-3H3,(H,22,23)/t18-/m0/s1. The highest BCUT2D eigenvalue weighted by molar-refractivity contribution is 7.89. The van der Waals surface area contributed by atoms with Crippen molar-refractivity contribution in [1.82, 2.24) is 19.7 Å². The zero-order valence-electron chi connectivity index (χ0n) is 16.5. The van der Waals surface area contributed by atoms with Crippen LogP contribution in [0.15, 0.2) is 47.8 Å². The first-order valence-corrected chi connectivity index (χ1v) is 10.7. The summed E-state index contributed by atoms with van der Waals surface area (Å²) in [6.07, 6.45) is 4.20.